The van der Waals surface area contributed by atoms with Crippen LogP contribution in [0.15, 0.2) is 0 Å². The number of aliphatic hydroxyl groups is 1. The molecule has 0 atom stereocenters. The maximum absolute atomic E-state index is 8.93. The minimum Gasteiger partial charge on any atom is -0.394 e. The maximum atomic E-state index is 8.93. The number of alkyl halides is 1. The molecule has 0 fully saturated rings. The van der Waals surface area contributed by atoms with Crippen molar-refractivity contribution in [3.63, 3.8) is 0 Å². The van der Waals surface area contributed by atoms with Gasteiger partial charge >= 0.3 is 0 Å². The predicted molar refractivity (Wildman–Crippen MR) is 47.6 cm³/mol. The first-order valence-electron chi connectivity index (χ1n) is 3.42. The quantitative estimate of drug-likeness (QED) is 0.702. The topological polar surface area (TPSA) is 23.5 Å². The lowest BCUT2D eigenvalue weighted by Gasteiger charge is -2.33. The normalized spacial score (nSPS) is 12.6. The van der Waals surface area contributed by atoms with Crippen LogP contribution in [0.4, 0.5) is 0 Å². The van der Waals surface area contributed by atoms with Crippen LogP contribution in [0.2, 0.25) is 0 Å². The largest absolute Gasteiger partial charge is 0.394 e. The Morgan fingerprint density at radius 2 is 2.00 bits per heavy atom. The van der Waals surface area contributed by atoms with Gasteiger partial charge in [-0.1, -0.05) is 15.9 Å². The van der Waals surface area contributed by atoms with Crippen LogP contribution in [0.5, 0.6) is 0 Å². The smallest absolute Gasteiger partial charge is 0.0609 e. The molecule has 0 rings (SSSR count). The second-order valence-corrected chi connectivity index (χ2v) is 3.87. The van der Waals surface area contributed by atoms with E-state index in [9.17, 15) is 0 Å². The summed E-state index contributed by atoms with van der Waals surface area (Å²) in [5.41, 5.74) is -0.0895. The van der Waals surface area contributed by atoms with E-state index >= 15 is 0 Å². The van der Waals surface area contributed by atoms with Gasteiger partial charge in [0.2, 0.25) is 0 Å². The molecular formula is C7H16BrNO. The van der Waals surface area contributed by atoms with Gasteiger partial charge in [0.1, 0.15) is 0 Å². The molecule has 0 aromatic heterocycles. The Labute approximate surface area is 71.4 Å². The van der Waals surface area contributed by atoms with E-state index in [1.165, 1.54) is 0 Å². The van der Waals surface area contributed by atoms with Crippen LogP contribution in [-0.4, -0.2) is 41.1 Å². The molecule has 0 bridgehead atoms. The molecule has 0 heterocycles. The van der Waals surface area contributed by atoms with E-state index in [1.807, 2.05) is 20.9 Å². The van der Waals surface area contributed by atoms with Crippen LogP contribution in [0, 0.1) is 0 Å². The number of hydrogen-bond donors (Lipinski definition) is 1. The fraction of sp³-hybridized carbons (Fsp3) is 1.00. The van der Waals surface area contributed by atoms with Gasteiger partial charge in [0.15, 0.2) is 0 Å². The van der Waals surface area contributed by atoms with E-state index in [-0.39, 0.29) is 12.1 Å². The van der Waals surface area contributed by atoms with Crippen LogP contribution < -0.4 is 0 Å². The van der Waals surface area contributed by atoms with Crippen molar-refractivity contribution in [2.24, 2.45) is 0 Å². The summed E-state index contributed by atoms with van der Waals surface area (Å²) in [6.07, 6.45) is 0. The standard InChI is InChI=1S/C7H16BrNO/c1-7(2,6-10)9(3)5-4-8/h10H,4-6H2,1-3H3. The summed E-state index contributed by atoms with van der Waals surface area (Å²) in [5, 5.41) is 9.89. The molecule has 0 amide bonds. The SMILES string of the molecule is CN(CCBr)C(C)(C)CO. The zero-order chi connectivity index (χ0) is 8.20. The molecule has 0 unspecified atom stereocenters. The Bertz CT molecular complexity index is 95.6. The zero-order valence-corrected chi connectivity index (χ0v) is 8.48. The van der Waals surface area contributed by atoms with E-state index in [0.29, 0.717) is 0 Å². The first-order chi connectivity index (χ1) is 4.54. The fourth-order valence-electron chi connectivity index (χ4n) is 0.550. The number of likely N-dealkylation sites (N-methyl/N-ethyl adjacent to an activating group) is 1. The number of nitrogens with zero attached hydrogens (tertiary/aromatic N) is 1. The van der Waals surface area contributed by atoms with Crippen molar-refractivity contribution in [1.82, 2.24) is 4.90 Å². The van der Waals surface area contributed by atoms with Crippen molar-refractivity contribution in [2.75, 3.05) is 25.5 Å². The monoisotopic (exact) mass is 209 g/mol. The second kappa shape index (κ2) is 4.31. The van der Waals surface area contributed by atoms with Crippen LogP contribution in [0.25, 0.3) is 0 Å². The molecule has 0 spiro atoms. The lowest BCUT2D eigenvalue weighted by molar-refractivity contribution is 0.0847. The van der Waals surface area contributed by atoms with E-state index in [2.05, 4.69) is 20.8 Å². The van der Waals surface area contributed by atoms with Crippen LogP contribution in [0.3, 0.4) is 0 Å². The Balaban J connectivity index is 3.78. The van der Waals surface area contributed by atoms with Crippen LogP contribution in [0.1, 0.15) is 13.8 Å². The highest BCUT2D eigenvalue weighted by molar-refractivity contribution is 9.09. The maximum Gasteiger partial charge on any atom is 0.0609 e. The molecule has 0 aliphatic carbocycles. The van der Waals surface area contributed by atoms with E-state index in [1.54, 1.807) is 0 Å². The molecule has 0 saturated carbocycles. The fourth-order valence-corrected chi connectivity index (χ4v) is 1.08. The highest BCUT2D eigenvalue weighted by atomic mass is 79.9. The molecule has 0 aliphatic rings. The summed E-state index contributed by atoms with van der Waals surface area (Å²) >= 11 is 3.35. The number of hydrogen-bond acceptors (Lipinski definition) is 2. The average Bonchev–Trinajstić information content (AvgIpc) is 1.89. The van der Waals surface area contributed by atoms with Crippen molar-refractivity contribution < 1.29 is 5.11 Å². The summed E-state index contributed by atoms with van der Waals surface area (Å²) < 4.78 is 0. The molecule has 10 heavy (non-hydrogen) atoms. The molecule has 0 saturated heterocycles. The van der Waals surface area contributed by atoms with Gasteiger partial charge < -0.3 is 5.11 Å². The Kier molecular flexibility index (Phi) is 4.49. The van der Waals surface area contributed by atoms with Gasteiger partial charge in [0, 0.05) is 17.4 Å². The van der Waals surface area contributed by atoms with Crippen molar-refractivity contribution in [1.29, 1.82) is 0 Å². The van der Waals surface area contributed by atoms with Crippen molar-refractivity contribution >= 4 is 15.9 Å². The lowest BCUT2D eigenvalue weighted by Crippen LogP contribution is -2.44. The third-order valence-electron chi connectivity index (χ3n) is 1.84. The summed E-state index contributed by atoms with van der Waals surface area (Å²) in [6.45, 7) is 5.22. The molecule has 3 heteroatoms. The third-order valence-corrected chi connectivity index (χ3v) is 2.19. The van der Waals surface area contributed by atoms with Crippen molar-refractivity contribution in [2.45, 2.75) is 19.4 Å². The van der Waals surface area contributed by atoms with E-state index < -0.39 is 0 Å². The average molecular weight is 210 g/mol. The zero-order valence-electron chi connectivity index (χ0n) is 6.89. The van der Waals surface area contributed by atoms with E-state index in [0.717, 1.165) is 11.9 Å². The van der Waals surface area contributed by atoms with Gasteiger partial charge in [-0.2, -0.15) is 0 Å². The first kappa shape index (κ1) is 10.4. The highest BCUT2D eigenvalue weighted by Crippen LogP contribution is 2.10. The first-order valence-corrected chi connectivity index (χ1v) is 4.55. The van der Waals surface area contributed by atoms with Gasteiger partial charge in [-0.25, -0.2) is 0 Å². The summed E-state index contributed by atoms with van der Waals surface area (Å²) in [7, 11) is 2.01. The molecule has 0 aromatic rings. The van der Waals surface area contributed by atoms with Gasteiger partial charge in [-0.3, -0.25) is 4.90 Å². The van der Waals surface area contributed by atoms with Crippen molar-refractivity contribution in [3.8, 4) is 0 Å². The molecule has 0 aliphatic heterocycles. The highest BCUT2D eigenvalue weighted by Gasteiger charge is 2.20. The van der Waals surface area contributed by atoms with Gasteiger partial charge in [-0.05, 0) is 20.9 Å². The molecule has 2 nitrogen and oxygen atoms in total. The Morgan fingerprint density at radius 1 is 1.50 bits per heavy atom. The summed E-state index contributed by atoms with van der Waals surface area (Å²) in [5.74, 6) is 0. The van der Waals surface area contributed by atoms with Gasteiger partial charge in [0.05, 0.1) is 6.61 Å². The molecule has 62 valence electrons. The van der Waals surface area contributed by atoms with E-state index in [4.69, 9.17) is 5.11 Å². The van der Waals surface area contributed by atoms with Crippen molar-refractivity contribution in [3.05, 3.63) is 0 Å². The predicted octanol–water partition coefficient (Wildman–Crippen LogP) is 1.08. The summed E-state index contributed by atoms with van der Waals surface area (Å²) in [6, 6.07) is 0. The number of halogens is 1. The summed E-state index contributed by atoms with van der Waals surface area (Å²) in [4.78, 5) is 2.13. The minimum atomic E-state index is -0.0895. The molecular weight excluding hydrogens is 194 g/mol. The lowest BCUT2D eigenvalue weighted by atomic mass is 10.1. The minimum absolute atomic E-state index is 0.0895. The van der Waals surface area contributed by atoms with Crippen LogP contribution in [-0.2, 0) is 0 Å². The van der Waals surface area contributed by atoms with Gasteiger partial charge in [0.25, 0.3) is 0 Å². The Morgan fingerprint density at radius 3 is 2.30 bits per heavy atom. The molecule has 0 radical (unpaired) electrons. The van der Waals surface area contributed by atoms with Crippen LogP contribution >= 0.6 is 15.9 Å². The third kappa shape index (κ3) is 2.99. The molecule has 1 N–H and O–H groups in total. The number of rotatable bonds is 4. The Hall–Kier alpha value is 0.400. The molecule has 0 aromatic carbocycles. The van der Waals surface area contributed by atoms with Gasteiger partial charge in [-0.15, -0.1) is 0 Å². The number of aliphatic hydroxyl groups excluding tert-OH is 1. The second-order valence-electron chi connectivity index (χ2n) is 3.08.